The first kappa shape index (κ1) is 17.3. The van der Waals surface area contributed by atoms with Crippen molar-refractivity contribution in [2.75, 3.05) is 6.61 Å². The van der Waals surface area contributed by atoms with Gasteiger partial charge in [0, 0.05) is 0 Å². The summed E-state index contributed by atoms with van der Waals surface area (Å²) in [6.45, 7) is 13.2. The molecule has 106 valence electrons. The number of hydrogen-bond acceptors (Lipinski definition) is 3. The molecule has 0 N–H and O–H groups in total. The molecule has 0 aliphatic rings. The van der Waals surface area contributed by atoms with Gasteiger partial charge in [-0.1, -0.05) is 33.4 Å². The minimum Gasteiger partial charge on any atom is -0.552 e. The number of hydrogen-bond donors (Lipinski definition) is 0. The van der Waals surface area contributed by atoms with Gasteiger partial charge in [0.1, 0.15) is 6.61 Å². The minimum absolute atomic E-state index is 0.0645. The maximum absolute atomic E-state index is 11.8. The van der Waals surface area contributed by atoms with Crippen molar-refractivity contribution in [1.29, 1.82) is 0 Å². The summed E-state index contributed by atoms with van der Waals surface area (Å²) in [5.41, 5.74) is 9.04. The molecule has 0 fully saturated rings. The van der Waals surface area contributed by atoms with Gasteiger partial charge in [0.15, 0.2) is 0 Å². The van der Waals surface area contributed by atoms with Crippen LogP contribution in [0.1, 0.15) is 20.8 Å². The summed E-state index contributed by atoms with van der Waals surface area (Å²) in [4.78, 5) is 14.9. The van der Waals surface area contributed by atoms with Gasteiger partial charge in [-0.3, -0.25) is 0 Å². The van der Waals surface area contributed by atoms with Crippen LogP contribution >= 0.6 is 0 Å². The molecule has 0 aliphatic carbocycles. The zero-order valence-electron chi connectivity index (χ0n) is 12.3. The lowest BCUT2D eigenvalue weighted by Gasteiger charge is -2.19. The quantitative estimate of drug-likeness (QED) is 0.143. The molecule has 0 spiro atoms. The summed E-state index contributed by atoms with van der Waals surface area (Å²) < 4.78 is 10.4. The second-order valence-electron chi connectivity index (χ2n) is 5.30. The Labute approximate surface area is 116 Å². The highest BCUT2D eigenvalue weighted by molar-refractivity contribution is 6.48. The Bertz CT molecular complexity index is 416. The van der Waals surface area contributed by atoms with Crippen LogP contribution in [0.4, 0.5) is 0 Å². The molecule has 0 radical (unpaired) electrons. The lowest BCUT2D eigenvalue weighted by atomic mass is 9.84. The zero-order chi connectivity index (χ0) is 15.1. The van der Waals surface area contributed by atoms with E-state index in [0.29, 0.717) is 5.57 Å². The summed E-state index contributed by atoms with van der Waals surface area (Å²) in [5, 5.41) is 0. The van der Waals surface area contributed by atoms with Crippen LogP contribution in [0.25, 0.3) is 5.53 Å². The van der Waals surface area contributed by atoms with Gasteiger partial charge in [0.05, 0.1) is 11.8 Å². The molecular weight excluding hydrogens is 260 g/mol. The van der Waals surface area contributed by atoms with Crippen LogP contribution in [0.3, 0.4) is 0 Å². The molecule has 0 rings (SSSR count). The van der Waals surface area contributed by atoms with E-state index in [-0.39, 0.29) is 12.3 Å². The molecule has 19 heavy (non-hydrogen) atoms. The first-order chi connectivity index (χ1) is 8.73. The molecule has 6 heteroatoms. The van der Waals surface area contributed by atoms with Crippen molar-refractivity contribution >= 4 is 20.7 Å². The molecule has 0 aromatic carbocycles. The smallest absolute Gasteiger partial charge is 0.422 e. The third-order valence-corrected chi connectivity index (χ3v) is 2.83. The first-order valence-electron chi connectivity index (χ1n) is 6.10. The van der Waals surface area contributed by atoms with E-state index in [9.17, 15) is 4.79 Å². The second kappa shape index (κ2) is 7.71. The number of ether oxygens (including phenoxy) is 1. The van der Waals surface area contributed by atoms with Crippen LogP contribution in [0.15, 0.2) is 24.5 Å². The van der Waals surface area contributed by atoms with Crippen molar-refractivity contribution in [3.05, 3.63) is 30.0 Å². The largest absolute Gasteiger partial charge is 0.552 e. The third kappa shape index (κ3) is 6.17. The number of nitrogens with zero attached hydrogens (tertiary/aromatic N) is 2. The monoisotopic (exact) mass is 282 g/mol. The maximum atomic E-state index is 11.8. The molecule has 5 nitrogen and oxygen atoms in total. The minimum atomic E-state index is -1.29. The number of rotatable bonds is 6. The summed E-state index contributed by atoms with van der Waals surface area (Å²) in [6, 6.07) is 0. The van der Waals surface area contributed by atoms with Crippen molar-refractivity contribution in [2.45, 2.75) is 33.9 Å². The van der Waals surface area contributed by atoms with E-state index in [1.165, 1.54) is 12.3 Å². The molecule has 0 heterocycles. The van der Waals surface area contributed by atoms with Gasteiger partial charge < -0.3 is 14.7 Å². The highest BCUT2D eigenvalue weighted by atomic mass is 28.3. The van der Waals surface area contributed by atoms with E-state index < -0.39 is 20.4 Å². The Kier molecular flexibility index (Phi) is 7.04. The van der Waals surface area contributed by atoms with Crippen molar-refractivity contribution in [2.24, 2.45) is 5.41 Å². The Balaban J connectivity index is 5.34. The van der Waals surface area contributed by atoms with E-state index in [4.69, 9.17) is 14.7 Å². The van der Waals surface area contributed by atoms with Gasteiger partial charge in [-0.25, -0.2) is 4.79 Å². The average Bonchev–Trinajstić information content (AvgIpc) is 2.29. The normalized spacial score (nSPS) is 11.8. The number of esters is 1. The highest BCUT2D eigenvalue weighted by Crippen LogP contribution is 2.26. The molecule has 0 saturated heterocycles. The maximum Gasteiger partial charge on any atom is 0.422 e. The lowest BCUT2D eigenvalue weighted by molar-refractivity contribution is -0.139. The van der Waals surface area contributed by atoms with Crippen molar-refractivity contribution < 1.29 is 18.7 Å². The van der Waals surface area contributed by atoms with Gasteiger partial charge in [-0.15, -0.1) is 0 Å². The van der Waals surface area contributed by atoms with Crippen LogP contribution in [-0.2, 0) is 14.0 Å². The van der Waals surface area contributed by atoms with Crippen LogP contribution in [0.5, 0.6) is 0 Å². The predicted octanol–water partition coefficient (Wildman–Crippen LogP) is 2.32. The fraction of sp³-hybridized carbons (Fsp3) is 0.538. The Morgan fingerprint density at radius 1 is 1.42 bits per heavy atom. The summed E-state index contributed by atoms with van der Waals surface area (Å²) in [5.74, 6) is -0.697. The van der Waals surface area contributed by atoms with Gasteiger partial charge in [0.2, 0.25) is 9.04 Å². The molecule has 0 saturated carbocycles. The van der Waals surface area contributed by atoms with Gasteiger partial charge in [-0.2, -0.15) is 4.79 Å². The Morgan fingerprint density at radius 3 is 2.37 bits per heavy atom. The molecular formula is C13H22N2O3Si. The topological polar surface area (TPSA) is 71.9 Å². The number of carbonyl (C=O) groups is 1. The van der Waals surface area contributed by atoms with E-state index in [0.717, 1.165) is 0 Å². The second-order valence-corrected chi connectivity index (χ2v) is 7.67. The van der Waals surface area contributed by atoms with Crippen molar-refractivity contribution in [3.8, 4) is 0 Å². The SMILES string of the molecule is C=CCOC(=O)C(=[N+]=[N-])/C(=C\O[SiH](C)C)C(C)(C)C. The molecule has 0 aliphatic heterocycles. The predicted molar refractivity (Wildman–Crippen MR) is 77.3 cm³/mol. The van der Waals surface area contributed by atoms with Crippen molar-refractivity contribution in [1.82, 2.24) is 0 Å². The number of carbonyl (C=O) groups excluding carboxylic acids is 1. The zero-order valence-corrected chi connectivity index (χ0v) is 13.4. The van der Waals surface area contributed by atoms with Crippen molar-refractivity contribution in [3.63, 3.8) is 0 Å². The molecule has 0 bridgehead atoms. The van der Waals surface area contributed by atoms with E-state index in [1.807, 2.05) is 33.9 Å². The fourth-order valence-corrected chi connectivity index (χ4v) is 1.61. The van der Waals surface area contributed by atoms with Crippen LogP contribution in [0.2, 0.25) is 13.1 Å². The molecule has 0 atom stereocenters. The summed E-state index contributed by atoms with van der Waals surface area (Å²) >= 11 is 0. The van der Waals surface area contributed by atoms with E-state index in [1.54, 1.807) is 0 Å². The Morgan fingerprint density at radius 2 is 2.00 bits per heavy atom. The van der Waals surface area contributed by atoms with E-state index in [2.05, 4.69) is 11.4 Å². The first-order valence-corrected chi connectivity index (χ1v) is 8.88. The summed E-state index contributed by atoms with van der Waals surface area (Å²) in [6.07, 6.45) is 2.95. The summed E-state index contributed by atoms with van der Waals surface area (Å²) in [7, 11) is -1.29. The Hall–Kier alpha value is -1.65. The van der Waals surface area contributed by atoms with Gasteiger partial charge in [-0.05, 0) is 18.5 Å². The van der Waals surface area contributed by atoms with Gasteiger partial charge >= 0.3 is 11.7 Å². The average molecular weight is 282 g/mol. The van der Waals surface area contributed by atoms with Crippen LogP contribution in [-0.4, -0.2) is 32.1 Å². The highest BCUT2D eigenvalue weighted by Gasteiger charge is 2.35. The fourth-order valence-electron chi connectivity index (χ4n) is 1.20. The molecule has 0 aromatic rings. The van der Waals surface area contributed by atoms with Crippen LogP contribution in [0, 0.1) is 5.41 Å². The molecule has 0 unspecified atom stereocenters. The van der Waals surface area contributed by atoms with Gasteiger partial charge in [0.25, 0.3) is 0 Å². The molecule has 0 aromatic heterocycles. The van der Waals surface area contributed by atoms with Crippen LogP contribution < -0.4 is 0 Å². The standard InChI is InChI=1S/C13H22N2O3Si/c1-7-8-17-12(16)11(15-14)10(13(2,3)4)9-18-19(5)6/h7,9,19H,1,8H2,2-6H3/b10-9+. The third-order valence-electron chi connectivity index (χ3n) is 2.15. The molecule has 0 amide bonds. The van der Waals surface area contributed by atoms with E-state index >= 15 is 0 Å². The lowest BCUT2D eigenvalue weighted by Crippen LogP contribution is -2.28.